The van der Waals surface area contributed by atoms with Gasteiger partial charge in [0.1, 0.15) is 0 Å². The van der Waals surface area contributed by atoms with E-state index in [1.165, 1.54) is 16.3 Å². The molecular weight excluding hydrogens is 248 g/mol. The molecule has 0 aliphatic rings. The molecule has 0 saturated carbocycles. The third-order valence-electron chi connectivity index (χ3n) is 3.13. The molecule has 0 unspecified atom stereocenters. The minimum absolute atomic E-state index is 0.620. The molecule has 20 heavy (non-hydrogen) atoms. The predicted octanol–water partition coefficient (Wildman–Crippen LogP) is 3.39. The third-order valence-corrected chi connectivity index (χ3v) is 3.13. The number of benzene rings is 1. The minimum Gasteiger partial charge on any atom is -0.381 e. The Labute approximate surface area is 121 Å². The molecule has 0 bridgehead atoms. The van der Waals surface area contributed by atoms with Crippen molar-refractivity contribution < 1.29 is 4.74 Å². The van der Waals surface area contributed by atoms with Crippen molar-refractivity contribution in [3.8, 4) is 0 Å². The highest BCUT2D eigenvalue weighted by atomic mass is 16.5. The van der Waals surface area contributed by atoms with Gasteiger partial charge in [0, 0.05) is 37.5 Å². The van der Waals surface area contributed by atoms with Gasteiger partial charge in [-0.05, 0) is 42.0 Å². The van der Waals surface area contributed by atoms with Crippen LogP contribution in [-0.4, -0.2) is 24.7 Å². The zero-order valence-electron chi connectivity index (χ0n) is 12.4. The van der Waals surface area contributed by atoms with E-state index in [1.54, 1.807) is 0 Å². The van der Waals surface area contributed by atoms with E-state index >= 15 is 0 Å². The van der Waals surface area contributed by atoms with Gasteiger partial charge in [-0.2, -0.15) is 0 Å². The Bertz CT molecular complexity index is 525. The van der Waals surface area contributed by atoms with Gasteiger partial charge in [0.05, 0.1) is 0 Å². The van der Waals surface area contributed by atoms with Gasteiger partial charge in [-0.25, -0.2) is 0 Å². The molecule has 0 spiro atoms. The van der Waals surface area contributed by atoms with Crippen molar-refractivity contribution in [3.63, 3.8) is 0 Å². The second kappa shape index (κ2) is 7.98. The van der Waals surface area contributed by atoms with Crippen LogP contribution in [0.3, 0.4) is 0 Å². The van der Waals surface area contributed by atoms with Gasteiger partial charge in [0.2, 0.25) is 0 Å². The van der Waals surface area contributed by atoms with Gasteiger partial charge in [-0.3, -0.25) is 4.98 Å². The highest BCUT2D eigenvalue weighted by Gasteiger charge is 1.97. The molecule has 1 heterocycles. The first-order valence-electron chi connectivity index (χ1n) is 7.37. The number of nitrogens with one attached hydrogen (secondary N) is 1. The Morgan fingerprint density at radius 3 is 2.95 bits per heavy atom. The SMILES string of the molecule is CC(C)COCCCNCc1ccc2cnccc2c1. The molecule has 0 aliphatic heterocycles. The molecule has 0 saturated heterocycles. The maximum Gasteiger partial charge on any atom is 0.0489 e. The molecule has 3 heteroatoms. The normalized spacial score (nSPS) is 11.3. The Hall–Kier alpha value is -1.45. The maximum absolute atomic E-state index is 5.56. The van der Waals surface area contributed by atoms with E-state index in [-0.39, 0.29) is 0 Å². The van der Waals surface area contributed by atoms with E-state index in [0.717, 1.165) is 32.7 Å². The second-order valence-corrected chi connectivity index (χ2v) is 5.56. The lowest BCUT2D eigenvalue weighted by Gasteiger charge is -2.08. The number of rotatable bonds is 8. The molecule has 1 aromatic heterocycles. The van der Waals surface area contributed by atoms with Crippen molar-refractivity contribution in [1.82, 2.24) is 10.3 Å². The largest absolute Gasteiger partial charge is 0.381 e. The standard InChI is InChI=1S/C17H24N2O/c1-14(2)13-20-9-3-7-18-11-15-4-5-17-12-19-8-6-16(17)10-15/h4-6,8,10,12,14,18H,3,7,9,11,13H2,1-2H3. The van der Waals surface area contributed by atoms with Crippen molar-refractivity contribution in [2.24, 2.45) is 5.92 Å². The molecule has 3 nitrogen and oxygen atoms in total. The maximum atomic E-state index is 5.56. The van der Waals surface area contributed by atoms with E-state index in [2.05, 4.69) is 48.4 Å². The Morgan fingerprint density at radius 1 is 1.20 bits per heavy atom. The number of ether oxygens (including phenoxy) is 1. The van der Waals surface area contributed by atoms with Crippen molar-refractivity contribution in [3.05, 3.63) is 42.2 Å². The van der Waals surface area contributed by atoms with Crippen LogP contribution in [0.2, 0.25) is 0 Å². The summed E-state index contributed by atoms with van der Waals surface area (Å²) in [6, 6.07) is 8.56. The van der Waals surface area contributed by atoms with Crippen molar-refractivity contribution in [2.45, 2.75) is 26.8 Å². The summed E-state index contributed by atoms with van der Waals surface area (Å²) in [5, 5.41) is 5.90. The van der Waals surface area contributed by atoms with E-state index < -0.39 is 0 Å². The van der Waals surface area contributed by atoms with Crippen LogP contribution < -0.4 is 5.32 Å². The molecule has 108 valence electrons. The van der Waals surface area contributed by atoms with Crippen molar-refractivity contribution >= 4 is 10.8 Å². The topological polar surface area (TPSA) is 34.1 Å². The molecule has 2 aromatic rings. The summed E-state index contributed by atoms with van der Waals surface area (Å²) < 4.78 is 5.56. The monoisotopic (exact) mass is 272 g/mol. The smallest absolute Gasteiger partial charge is 0.0489 e. The highest BCUT2D eigenvalue weighted by molar-refractivity contribution is 5.81. The lowest BCUT2D eigenvalue weighted by Crippen LogP contribution is -2.16. The fourth-order valence-corrected chi connectivity index (χ4v) is 2.09. The zero-order valence-corrected chi connectivity index (χ0v) is 12.4. The number of pyridine rings is 1. The zero-order chi connectivity index (χ0) is 14.2. The summed E-state index contributed by atoms with van der Waals surface area (Å²) in [4.78, 5) is 4.13. The lowest BCUT2D eigenvalue weighted by molar-refractivity contribution is 0.108. The van der Waals surface area contributed by atoms with Crippen LogP contribution in [0.5, 0.6) is 0 Å². The molecule has 0 fully saturated rings. The summed E-state index contributed by atoms with van der Waals surface area (Å²) in [5.41, 5.74) is 1.31. The van der Waals surface area contributed by atoms with Crippen LogP contribution in [0.1, 0.15) is 25.8 Å². The first kappa shape index (κ1) is 14.9. The fourth-order valence-electron chi connectivity index (χ4n) is 2.09. The summed E-state index contributed by atoms with van der Waals surface area (Å²) in [7, 11) is 0. The van der Waals surface area contributed by atoms with E-state index in [0.29, 0.717) is 5.92 Å². The van der Waals surface area contributed by atoms with Crippen LogP contribution in [0.4, 0.5) is 0 Å². The van der Waals surface area contributed by atoms with Gasteiger partial charge in [0.25, 0.3) is 0 Å². The lowest BCUT2D eigenvalue weighted by atomic mass is 10.1. The van der Waals surface area contributed by atoms with Gasteiger partial charge < -0.3 is 10.1 Å². The first-order valence-corrected chi connectivity index (χ1v) is 7.37. The molecule has 0 radical (unpaired) electrons. The molecule has 1 aromatic carbocycles. The van der Waals surface area contributed by atoms with Gasteiger partial charge >= 0.3 is 0 Å². The third kappa shape index (κ3) is 4.91. The van der Waals surface area contributed by atoms with E-state index in [4.69, 9.17) is 4.74 Å². The van der Waals surface area contributed by atoms with Crippen LogP contribution in [-0.2, 0) is 11.3 Å². The van der Waals surface area contributed by atoms with Crippen LogP contribution in [0, 0.1) is 5.92 Å². The van der Waals surface area contributed by atoms with Gasteiger partial charge in [-0.15, -0.1) is 0 Å². The number of hydrogen-bond donors (Lipinski definition) is 1. The number of fused-ring (bicyclic) bond motifs is 1. The molecule has 1 N–H and O–H groups in total. The molecule has 0 atom stereocenters. The summed E-state index contributed by atoms with van der Waals surface area (Å²) in [6.07, 6.45) is 4.80. The second-order valence-electron chi connectivity index (χ2n) is 5.56. The summed E-state index contributed by atoms with van der Waals surface area (Å²) >= 11 is 0. The van der Waals surface area contributed by atoms with Crippen molar-refractivity contribution in [2.75, 3.05) is 19.8 Å². The molecular formula is C17H24N2O. The van der Waals surface area contributed by atoms with E-state index in [1.807, 2.05) is 12.4 Å². The van der Waals surface area contributed by atoms with Crippen molar-refractivity contribution in [1.29, 1.82) is 0 Å². The Balaban J connectivity index is 1.68. The number of nitrogens with zero attached hydrogens (tertiary/aromatic N) is 1. The van der Waals surface area contributed by atoms with E-state index in [9.17, 15) is 0 Å². The van der Waals surface area contributed by atoms with Crippen LogP contribution >= 0.6 is 0 Å². The van der Waals surface area contributed by atoms with Crippen LogP contribution in [0.15, 0.2) is 36.7 Å². The van der Waals surface area contributed by atoms with Gasteiger partial charge in [0.15, 0.2) is 0 Å². The first-order chi connectivity index (χ1) is 9.75. The molecule has 0 amide bonds. The Morgan fingerprint density at radius 2 is 2.10 bits per heavy atom. The molecule has 2 rings (SSSR count). The average Bonchev–Trinajstić information content (AvgIpc) is 2.46. The molecule has 0 aliphatic carbocycles. The number of hydrogen-bond acceptors (Lipinski definition) is 3. The quantitative estimate of drug-likeness (QED) is 0.748. The number of aromatic nitrogens is 1. The van der Waals surface area contributed by atoms with Gasteiger partial charge in [-0.1, -0.05) is 26.0 Å². The summed E-state index contributed by atoms with van der Waals surface area (Å²) in [5.74, 6) is 0.620. The average molecular weight is 272 g/mol. The van der Waals surface area contributed by atoms with Crippen LogP contribution in [0.25, 0.3) is 10.8 Å². The fraction of sp³-hybridized carbons (Fsp3) is 0.471. The summed E-state index contributed by atoms with van der Waals surface area (Å²) in [6.45, 7) is 7.95. The minimum atomic E-state index is 0.620. The predicted molar refractivity (Wildman–Crippen MR) is 83.7 cm³/mol. The highest BCUT2D eigenvalue weighted by Crippen LogP contribution is 2.14. The Kier molecular flexibility index (Phi) is 5.96.